The van der Waals surface area contributed by atoms with Gasteiger partial charge >= 0.3 is 53.7 Å². The molecule has 0 saturated heterocycles. The largest absolute Gasteiger partial charge is 0.460 e. The third-order valence-corrected chi connectivity index (χ3v) is 4.39. The second kappa shape index (κ2) is 9.77. The van der Waals surface area contributed by atoms with E-state index in [2.05, 4.69) is 9.47 Å². The predicted molar refractivity (Wildman–Crippen MR) is 87.6 cm³/mol. The first-order valence-corrected chi connectivity index (χ1v) is 9.02. The summed E-state index contributed by atoms with van der Waals surface area (Å²) in [5, 5.41) is 0. The van der Waals surface area contributed by atoms with Crippen LogP contribution in [0.5, 0.6) is 0 Å². The molecule has 0 bridgehead atoms. The number of rotatable bonds is 10. The number of carbonyl (C=O) groups excluding carboxylic acids is 2. The summed E-state index contributed by atoms with van der Waals surface area (Å²) in [6, 6.07) is 5.55. The second-order valence-electron chi connectivity index (χ2n) is 7.08. The van der Waals surface area contributed by atoms with E-state index in [-0.39, 0.29) is 5.56 Å². The van der Waals surface area contributed by atoms with Crippen molar-refractivity contribution >= 4 is 11.9 Å². The average Bonchev–Trinajstić information content (AvgIpc) is 2.74. The molecule has 1 aromatic rings. The first-order chi connectivity index (χ1) is 16.3. The van der Waals surface area contributed by atoms with Crippen molar-refractivity contribution in [3.8, 4) is 0 Å². The van der Waals surface area contributed by atoms with Crippen LogP contribution >= 0.6 is 0 Å². The number of benzene rings is 1. The van der Waals surface area contributed by atoms with Crippen molar-refractivity contribution in [1.82, 2.24) is 0 Å². The minimum absolute atomic E-state index is 0.385. The van der Waals surface area contributed by atoms with Gasteiger partial charge in [-0.05, 0) is 0 Å². The zero-order chi connectivity index (χ0) is 29.5. The highest BCUT2D eigenvalue weighted by Gasteiger charge is 2.93. The van der Waals surface area contributed by atoms with E-state index in [9.17, 15) is 75.4 Å². The van der Waals surface area contributed by atoms with Gasteiger partial charge in [0.2, 0.25) is 6.10 Å². The van der Waals surface area contributed by atoms with Gasteiger partial charge < -0.3 is 9.47 Å². The highest BCUT2D eigenvalue weighted by Crippen LogP contribution is 2.62. The van der Waals surface area contributed by atoms with Crippen LogP contribution in [0.15, 0.2) is 30.3 Å². The summed E-state index contributed by atoms with van der Waals surface area (Å²) >= 11 is 0. The molecule has 0 amide bonds. The van der Waals surface area contributed by atoms with E-state index in [1.54, 1.807) is 0 Å². The van der Waals surface area contributed by atoms with Crippen molar-refractivity contribution in [2.75, 3.05) is 6.61 Å². The number of alkyl halides is 15. The summed E-state index contributed by atoms with van der Waals surface area (Å²) in [6.07, 6.45) is -10.0. The lowest BCUT2D eigenvalue weighted by molar-refractivity contribution is -0.453. The maximum Gasteiger partial charge on any atom is 0.460 e. The standard InChI is InChI=1S/C18H11F15O4/c1-8(34)37-10(9-5-3-2-4-6-9)11(35)36-7-12(19,20)13(21,22)14(23,24)15(25,26)16(27,28)17(29,30)18(31,32)33/h2-6,10H,7H2,1H3/t10-/m1/s1. The molecule has 1 atom stereocenters. The molecule has 0 saturated carbocycles. The van der Waals surface area contributed by atoms with Gasteiger partial charge in [-0.2, -0.15) is 65.9 Å². The van der Waals surface area contributed by atoms with Gasteiger partial charge in [-0.3, -0.25) is 4.79 Å². The number of hydrogen-bond acceptors (Lipinski definition) is 4. The summed E-state index contributed by atoms with van der Waals surface area (Å²) in [5.41, 5.74) is -0.385. The summed E-state index contributed by atoms with van der Waals surface area (Å²) in [5.74, 6) is -51.4. The molecule has 4 nitrogen and oxygen atoms in total. The van der Waals surface area contributed by atoms with Crippen LogP contribution in [0.3, 0.4) is 0 Å². The highest BCUT2D eigenvalue weighted by atomic mass is 19.4. The molecular formula is C18H11F15O4. The molecule has 0 heterocycles. The maximum absolute atomic E-state index is 13.8. The molecule has 0 N–H and O–H groups in total. The second-order valence-corrected chi connectivity index (χ2v) is 7.08. The number of hydrogen-bond donors (Lipinski definition) is 0. The van der Waals surface area contributed by atoms with E-state index >= 15 is 0 Å². The molecule has 0 aliphatic rings. The minimum atomic E-state index is -8.46. The van der Waals surface area contributed by atoms with Crippen molar-refractivity contribution in [1.29, 1.82) is 0 Å². The summed E-state index contributed by atoms with van der Waals surface area (Å²) < 4.78 is 206. The van der Waals surface area contributed by atoms with Crippen molar-refractivity contribution in [3.05, 3.63) is 35.9 Å². The Morgan fingerprint density at radius 2 is 1.08 bits per heavy atom. The van der Waals surface area contributed by atoms with Crippen LogP contribution in [-0.4, -0.2) is 60.3 Å². The Morgan fingerprint density at radius 3 is 1.49 bits per heavy atom. The van der Waals surface area contributed by atoms with Gasteiger partial charge in [-0.25, -0.2) is 4.79 Å². The molecule has 0 aromatic heterocycles. The van der Waals surface area contributed by atoms with Crippen molar-refractivity contribution < 1.29 is 84.9 Å². The smallest absolute Gasteiger partial charge is 0.456 e. The number of ether oxygens (including phenoxy) is 2. The van der Waals surface area contributed by atoms with E-state index in [0.29, 0.717) is 6.92 Å². The van der Waals surface area contributed by atoms with Crippen LogP contribution in [0.1, 0.15) is 18.6 Å². The Balaban J connectivity index is 3.34. The topological polar surface area (TPSA) is 52.6 Å². The summed E-state index contributed by atoms with van der Waals surface area (Å²) in [7, 11) is 0. The molecule has 0 aliphatic carbocycles. The summed E-state index contributed by atoms with van der Waals surface area (Å²) in [6.45, 7) is -2.69. The maximum atomic E-state index is 13.8. The van der Waals surface area contributed by atoms with Crippen molar-refractivity contribution in [2.45, 2.75) is 54.7 Å². The number of esters is 2. The van der Waals surface area contributed by atoms with Gasteiger partial charge in [0.15, 0.2) is 6.61 Å². The van der Waals surface area contributed by atoms with E-state index < -0.39 is 66.4 Å². The van der Waals surface area contributed by atoms with Crippen LogP contribution in [-0.2, 0) is 19.1 Å². The van der Waals surface area contributed by atoms with E-state index in [0.717, 1.165) is 24.3 Å². The molecular weight excluding hydrogens is 565 g/mol. The first kappa shape index (κ1) is 32.1. The van der Waals surface area contributed by atoms with Crippen LogP contribution in [0.25, 0.3) is 0 Å². The lowest BCUT2D eigenvalue weighted by atomic mass is 9.91. The third-order valence-electron chi connectivity index (χ3n) is 4.39. The molecule has 0 aliphatic heterocycles. The first-order valence-electron chi connectivity index (χ1n) is 9.02. The quantitative estimate of drug-likeness (QED) is 0.246. The van der Waals surface area contributed by atoms with E-state index in [4.69, 9.17) is 0 Å². The third kappa shape index (κ3) is 5.39. The molecule has 1 rings (SSSR count). The van der Waals surface area contributed by atoms with Crippen LogP contribution in [0, 0.1) is 0 Å². The van der Waals surface area contributed by atoms with E-state index in [1.807, 2.05) is 0 Å². The SMILES string of the molecule is CC(=O)O[C@@H](C(=O)OCC(F)(F)C(F)(F)C(F)(F)C(F)(F)C(F)(F)C(F)(F)C(F)(F)F)c1ccccc1. The number of carbonyl (C=O) groups is 2. The minimum Gasteiger partial charge on any atom is -0.456 e. The Labute approximate surface area is 195 Å². The molecule has 19 heteroatoms. The lowest BCUT2D eigenvalue weighted by Crippen LogP contribution is -2.73. The fourth-order valence-electron chi connectivity index (χ4n) is 2.37. The monoisotopic (exact) mass is 576 g/mol. The van der Waals surface area contributed by atoms with Gasteiger partial charge in [0.05, 0.1) is 0 Å². The summed E-state index contributed by atoms with van der Waals surface area (Å²) in [4.78, 5) is 23.0. The van der Waals surface area contributed by atoms with Crippen LogP contribution in [0.2, 0.25) is 0 Å². The molecule has 1 aromatic carbocycles. The van der Waals surface area contributed by atoms with Crippen molar-refractivity contribution in [2.24, 2.45) is 0 Å². The molecule has 0 radical (unpaired) electrons. The fourth-order valence-corrected chi connectivity index (χ4v) is 2.37. The molecule has 37 heavy (non-hydrogen) atoms. The fraction of sp³-hybridized carbons (Fsp3) is 0.556. The normalized spacial score (nSPS) is 15.2. The highest BCUT2D eigenvalue weighted by molar-refractivity contribution is 5.80. The molecule has 0 spiro atoms. The van der Waals surface area contributed by atoms with Gasteiger partial charge in [0.25, 0.3) is 0 Å². The molecule has 212 valence electrons. The average molecular weight is 576 g/mol. The lowest BCUT2D eigenvalue weighted by Gasteiger charge is -2.41. The zero-order valence-corrected chi connectivity index (χ0v) is 17.5. The predicted octanol–water partition coefficient (Wildman–Crippen LogP) is 6.21. The van der Waals surface area contributed by atoms with Crippen molar-refractivity contribution in [3.63, 3.8) is 0 Å². The van der Waals surface area contributed by atoms with Crippen LogP contribution in [0.4, 0.5) is 65.9 Å². The van der Waals surface area contributed by atoms with Gasteiger partial charge in [0, 0.05) is 12.5 Å². The van der Waals surface area contributed by atoms with Gasteiger partial charge in [-0.15, -0.1) is 0 Å². The van der Waals surface area contributed by atoms with Gasteiger partial charge in [0.1, 0.15) is 0 Å². The Bertz CT molecular complexity index is 973. The zero-order valence-electron chi connectivity index (χ0n) is 17.5. The molecule has 0 unspecified atom stereocenters. The van der Waals surface area contributed by atoms with Gasteiger partial charge in [-0.1, -0.05) is 30.3 Å². The van der Waals surface area contributed by atoms with Crippen LogP contribution < -0.4 is 0 Å². The Hall–Kier alpha value is -2.89. The van der Waals surface area contributed by atoms with E-state index in [1.165, 1.54) is 6.07 Å². The Morgan fingerprint density at radius 1 is 0.676 bits per heavy atom. The Kier molecular flexibility index (Phi) is 8.49. The molecule has 0 fully saturated rings. The number of halogens is 15.